The van der Waals surface area contributed by atoms with Gasteiger partial charge in [-0.25, -0.2) is 4.39 Å². The van der Waals surface area contributed by atoms with Crippen LogP contribution in [0, 0.1) is 5.82 Å². The van der Waals surface area contributed by atoms with Gasteiger partial charge in [-0.1, -0.05) is 35.9 Å². The lowest BCUT2D eigenvalue weighted by Crippen LogP contribution is -2.03. The first-order chi connectivity index (χ1) is 9.20. The summed E-state index contributed by atoms with van der Waals surface area (Å²) in [6.45, 7) is 1.17. The molecule has 0 heterocycles. The number of anilines is 1. The Morgan fingerprint density at radius 1 is 1.16 bits per heavy atom. The van der Waals surface area contributed by atoms with Gasteiger partial charge in [0.25, 0.3) is 0 Å². The summed E-state index contributed by atoms with van der Waals surface area (Å²) in [6.07, 6.45) is 0. The van der Waals surface area contributed by atoms with Crippen molar-refractivity contribution in [3.05, 3.63) is 64.4 Å². The second-order valence-corrected chi connectivity index (χ2v) is 4.59. The topological polar surface area (TPSA) is 21.3 Å². The van der Waals surface area contributed by atoms with Crippen LogP contribution < -0.4 is 5.32 Å². The largest absolute Gasteiger partial charge is 0.381 e. The van der Waals surface area contributed by atoms with Crippen LogP contribution in [0.2, 0.25) is 5.02 Å². The average Bonchev–Trinajstić information content (AvgIpc) is 2.42. The molecular weight excluding hydrogens is 265 g/mol. The van der Waals surface area contributed by atoms with Crippen molar-refractivity contribution in [1.29, 1.82) is 0 Å². The molecule has 0 spiro atoms. The van der Waals surface area contributed by atoms with Gasteiger partial charge in [0.05, 0.1) is 11.6 Å². The van der Waals surface area contributed by atoms with Crippen LogP contribution in [-0.2, 0) is 17.9 Å². The monoisotopic (exact) mass is 279 g/mol. The van der Waals surface area contributed by atoms with E-state index in [0.717, 1.165) is 11.1 Å². The predicted octanol–water partition coefficient (Wildman–Crippen LogP) is 4.24. The van der Waals surface area contributed by atoms with Crippen molar-refractivity contribution < 1.29 is 9.13 Å². The molecule has 0 radical (unpaired) electrons. The Morgan fingerprint density at radius 2 is 1.89 bits per heavy atom. The second-order valence-electron chi connectivity index (χ2n) is 4.18. The van der Waals surface area contributed by atoms with Crippen LogP contribution in [0.3, 0.4) is 0 Å². The number of hydrogen-bond acceptors (Lipinski definition) is 2. The fraction of sp³-hybridized carbons (Fsp3) is 0.200. The minimum Gasteiger partial charge on any atom is -0.381 e. The molecule has 0 saturated heterocycles. The maximum absolute atomic E-state index is 13.3. The van der Waals surface area contributed by atoms with Crippen LogP contribution in [0.4, 0.5) is 10.1 Å². The summed E-state index contributed by atoms with van der Waals surface area (Å²) in [5.74, 6) is -0.420. The molecule has 0 unspecified atom stereocenters. The third kappa shape index (κ3) is 3.69. The highest BCUT2D eigenvalue weighted by Gasteiger charge is 2.03. The van der Waals surface area contributed by atoms with Crippen molar-refractivity contribution in [3.8, 4) is 0 Å². The van der Waals surface area contributed by atoms with Gasteiger partial charge in [0.2, 0.25) is 0 Å². The molecule has 2 aromatic carbocycles. The lowest BCUT2D eigenvalue weighted by atomic mass is 10.1. The van der Waals surface area contributed by atoms with Gasteiger partial charge in [0.1, 0.15) is 5.82 Å². The third-order valence-corrected chi connectivity index (χ3v) is 3.13. The van der Waals surface area contributed by atoms with E-state index in [1.165, 1.54) is 6.07 Å². The van der Waals surface area contributed by atoms with Gasteiger partial charge >= 0.3 is 0 Å². The second kappa shape index (κ2) is 6.55. The van der Waals surface area contributed by atoms with Gasteiger partial charge < -0.3 is 10.1 Å². The van der Waals surface area contributed by atoms with E-state index >= 15 is 0 Å². The van der Waals surface area contributed by atoms with E-state index < -0.39 is 5.82 Å². The molecule has 0 saturated carbocycles. The standard InChI is InChI=1S/C15H15ClFNO/c1-19-10-12-5-3-2-4-11(12)9-18-13-6-7-14(16)15(17)8-13/h2-8,18H,9-10H2,1H3. The molecule has 0 amide bonds. The molecule has 2 rings (SSSR count). The van der Waals surface area contributed by atoms with Crippen molar-refractivity contribution in [2.75, 3.05) is 12.4 Å². The summed E-state index contributed by atoms with van der Waals surface area (Å²) in [5.41, 5.74) is 2.95. The van der Waals surface area contributed by atoms with Gasteiger partial charge in [-0.05, 0) is 29.3 Å². The number of methoxy groups -OCH3 is 1. The molecule has 2 nitrogen and oxygen atoms in total. The van der Waals surface area contributed by atoms with Crippen molar-refractivity contribution in [3.63, 3.8) is 0 Å². The Bertz CT molecular complexity index is 560. The lowest BCUT2D eigenvalue weighted by Gasteiger charge is -2.11. The van der Waals surface area contributed by atoms with Gasteiger partial charge in [-0.15, -0.1) is 0 Å². The van der Waals surface area contributed by atoms with Crippen LogP contribution in [0.1, 0.15) is 11.1 Å². The van der Waals surface area contributed by atoms with Crippen LogP contribution in [0.25, 0.3) is 0 Å². The molecular formula is C15H15ClFNO. The first-order valence-corrected chi connectivity index (χ1v) is 6.33. The van der Waals surface area contributed by atoms with E-state index in [-0.39, 0.29) is 5.02 Å². The lowest BCUT2D eigenvalue weighted by molar-refractivity contribution is 0.184. The van der Waals surface area contributed by atoms with Gasteiger partial charge in [-0.2, -0.15) is 0 Å². The quantitative estimate of drug-likeness (QED) is 0.884. The number of rotatable bonds is 5. The Morgan fingerprint density at radius 3 is 2.58 bits per heavy atom. The van der Waals surface area contributed by atoms with Crippen molar-refractivity contribution in [1.82, 2.24) is 0 Å². The molecule has 0 bridgehead atoms. The number of hydrogen-bond donors (Lipinski definition) is 1. The minimum atomic E-state index is -0.420. The molecule has 0 aliphatic rings. The molecule has 4 heteroatoms. The maximum Gasteiger partial charge on any atom is 0.143 e. The van der Waals surface area contributed by atoms with Crippen LogP contribution in [0.15, 0.2) is 42.5 Å². The SMILES string of the molecule is COCc1ccccc1CNc1ccc(Cl)c(F)c1. The normalized spacial score (nSPS) is 10.5. The molecule has 0 fully saturated rings. The summed E-state index contributed by atoms with van der Waals surface area (Å²) in [7, 11) is 1.67. The van der Waals surface area contributed by atoms with E-state index in [4.69, 9.17) is 16.3 Å². The van der Waals surface area contributed by atoms with Crippen LogP contribution >= 0.6 is 11.6 Å². The summed E-state index contributed by atoms with van der Waals surface area (Å²) in [5, 5.41) is 3.30. The first kappa shape index (κ1) is 13.8. The molecule has 0 atom stereocenters. The van der Waals surface area contributed by atoms with Crippen molar-refractivity contribution in [2.24, 2.45) is 0 Å². The van der Waals surface area contributed by atoms with Gasteiger partial charge in [-0.3, -0.25) is 0 Å². The molecule has 19 heavy (non-hydrogen) atoms. The number of benzene rings is 2. The van der Waals surface area contributed by atoms with E-state index in [9.17, 15) is 4.39 Å². The van der Waals surface area contributed by atoms with Crippen molar-refractivity contribution in [2.45, 2.75) is 13.2 Å². The zero-order valence-electron chi connectivity index (χ0n) is 10.6. The fourth-order valence-electron chi connectivity index (χ4n) is 1.83. The van der Waals surface area contributed by atoms with Crippen molar-refractivity contribution >= 4 is 17.3 Å². The number of halogens is 2. The minimum absolute atomic E-state index is 0.130. The van der Waals surface area contributed by atoms with E-state index in [1.54, 1.807) is 19.2 Å². The highest BCUT2D eigenvalue weighted by Crippen LogP contribution is 2.20. The Labute approximate surface area is 117 Å². The zero-order valence-corrected chi connectivity index (χ0v) is 11.4. The summed E-state index contributed by atoms with van der Waals surface area (Å²) >= 11 is 5.64. The smallest absolute Gasteiger partial charge is 0.143 e. The highest BCUT2D eigenvalue weighted by molar-refractivity contribution is 6.30. The molecule has 0 aromatic heterocycles. The Kier molecular flexibility index (Phi) is 4.77. The summed E-state index contributed by atoms with van der Waals surface area (Å²) in [4.78, 5) is 0. The molecule has 100 valence electrons. The average molecular weight is 280 g/mol. The Balaban J connectivity index is 2.07. The summed E-state index contributed by atoms with van der Waals surface area (Å²) < 4.78 is 18.5. The predicted molar refractivity (Wildman–Crippen MR) is 75.9 cm³/mol. The van der Waals surface area contributed by atoms with E-state index in [2.05, 4.69) is 5.32 Å². The maximum atomic E-state index is 13.3. The van der Waals surface area contributed by atoms with E-state index in [0.29, 0.717) is 18.8 Å². The molecule has 0 aliphatic heterocycles. The first-order valence-electron chi connectivity index (χ1n) is 5.95. The third-order valence-electron chi connectivity index (χ3n) is 2.82. The zero-order chi connectivity index (χ0) is 13.7. The highest BCUT2D eigenvalue weighted by atomic mass is 35.5. The number of ether oxygens (including phenoxy) is 1. The molecule has 0 aliphatic carbocycles. The van der Waals surface area contributed by atoms with Gasteiger partial charge in [0.15, 0.2) is 0 Å². The van der Waals surface area contributed by atoms with E-state index in [1.807, 2.05) is 24.3 Å². The molecule has 1 N–H and O–H groups in total. The van der Waals surface area contributed by atoms with Crippen LogP contribution in [-0.4, -0.2) is 7.11 Å². The fourth-order valence-corrected chi connectivity index (χ4v) is 1.95. The van der Waals surface area contributed by atoms with Gasteiger partial charge in [0, 0.05) is 19.3 Å². The number of nitrogens with one attached hydrogen (secondary N) is 1. The Hall–Kier alpha value is -1.58. The summed E-state index contributed by atoms with van der Waals surface area (Å²) in [6, 6.07) is 12.7. The molecule has 2 aromatic rings. The van der Waals surface area contributed by atoms with Crippen LogP contribution in [0.5, 0.6) is 0 Å².